The third kappa shape index (κ3) is 3.66. The summed E-state index contributed by atoms with van der Waals surface area (Å²) >= 11 is 0. The first kappa shape index (κ1) is 14.2. The van der Waals surface area contributed by atoms with Crippen LogP contribution in [0.3, 0.4) is 0 Å². The lowest BCUT2D eigenvalue weighted by molar-refractivity contribution is 0.819. The van der Waals surface area contributed by atoms with Gasteiger partial charge in [0.1, 0.15) is 0 Å². The maximum absolute atomic E-state index is 4.41. The topological polar surface area (TPSA) is 62.7 Å². The Morgan fingerprint density at radius 2 is 2.05 bits per heavy atom. The summed E-state index contributed by atoms with van der Waals surface area (Å²) < 4.78 is 0. The molecule has 1 heterocycles. The first-order valence-corrected chi connectivity index (χ1v) is 6.97. The standard InChI is InChI=1S/C15H21N5/c1-4-5-9-16-15-19-14(10-17-20-15)18-13-8-6-7-11(2)12(13)3/h6-8,10H,4-5,9H2,1-3H3,(H2,16,18,19,20). The van der Waals surface area contributed by atoms with E-state index in [2.05, 4.69) is 52.7 Å². The molecule has 0 saturated heterocycles. The summed E-state index contributed by atoms with van der Waals surface area (Å²) in [6.07, 6.45) is 3.87. The fourth-order valence-corrected chi connectivity index (χ4v) is 1.84. The van der Waals surface area contributed by atoms with E-state index in [1.165, 1.54) is 11.1 Å². The SMILES string of the molecule is CCCCNc1nncc(Nc2cccc(C)c2C)n1. The molecular weight excluding hydrogens is 250 g/mol. The quantitative estimate of drug-likeness (QED) is 0.788. The molecule has 106 valence electrons. The zero-order valence-electron chi connectivity index (χ0n) is 12.3. The second-order valence-electron chi connectivity index (χ2n) is 4.82. The van der Waals surface area contributed by atoms with Gasteiger partial charge in [-0.05, 0) is 37.5 Å². The molecule has 0 amide bonds. The van der Waals surface area contributed by atoms with Crippen LogP contribution in [0.1, 0.15) is 30.9 Å². The molecular formula is C15H21N5. The molecule has 5 heteroatoms. The lowest BCUT2D eigenvalue weighted by Gasteiger charge is -2.11. The van der Waals surface area contributed by atoms with Crippen molar-refractivity contribution in [1.29, 1.82) is 0 Å². The first-order valence-electron chi connectivity index (χ1n) is 6.97. The van der Waals surface area contributed by atoms with E-state index in [4.69, 9.17) is 0 Å². The number of anilines is 3. The molecule has 0 fully saturated rings. The van der Waals surface area contributed by atoms with Crippen molar-refractivity contribution in [2.24, 2.45) is 0 Å². The number of nitrogens with zero attached hydrogens (tertiary/aromatic N) is 3. The highest BCUT2D eigenvalue weighted by Gasteiger charge is 2.04. The van der Waals surface area contributed by atoms with Gasteiger partial charge in [-0.15, -0.1) is 5.10 Å². The summed E-state index contributed by atoms with van der Waals surface area (Å²) in [6, 6.07) is 6.16. The maximum atomic E-state index is 4.41. The van der Waals surface area contributed by atoms with Gasteiger partial charge in [-0.3, -0.25) is 0 Å². The van der Waals surface area contributed by atoms with Crippen LogP contribution in [0.2, 0.25) is 0 Å². The lowest BCUT2D eigenvalue weighted by Crippen LogP contribution is -2.07. The molecule has 0 atom stereocenters. The predicted octanol–water partition coefficient (Wildman–Crippen LogP) is 3.44. The molecule has 0 saturated carbocycles. The summed E-state index contributed by atoms with van der Waals surface area (Å²) in [5.41, 5.74) is 3.51. The van der Waals surface area contributed by atoms with E-state index in [-0.39, 0.29) is 0 Å². The Bertz CT molecular complexity index is 568. The summed E-state index contributed by atoms with van der Waals surface area (Å²) in [4.78, 5) is 4.41. The number of benzene rings is 1. The predicted molar refractivity (Wildman–Crippen MR) is 82.4 cm³/mol. The van der Waals surface area contributed by atoms with Gasteiger partial charge in [-0.1, -0.05) is 25.5 Å². The molecule has 1 aromatic heterocycles. The van der Waals surface area contributed by atoms with Crippen molar-refractivity contribution in [3.8, 4) is 0 Å². The Balaban J connectivity index is 2.09. The zero-order valence-corrected chi connectivity index (χ0v) is 12.3. The van der Waals surface area contributed by atoms with Gasteiger partial charge in [-0.2, -0.15) is 10.1 Å². The van der Waals surface area contributed by atoms with Crippen molar-refractivity contribution >= 4 is 17.5 Å². The fourth-order valence-electron chi connectivity index (χ4n) is 1.84. The van der Waals surface area contributed by atoms with Crippen molar-refractivity contribution in [2.75, 3.05) is 17.2 Å². The van der Waals surface area contributed by atoms with Crippen LogP contribution in [-0.4, -0.2) is 21.7 Å². The lowest BCUT2D eigenvalue weighted by atomic mass is 10.1. The molecule has 0 unspecified atom stereocenters. The van der Waals surface area contributed by atoms with Gasteiger partial charge in [0.25, 0.3) is 0 Å². The minimum atomic E-state index is 0.564. The first-order chi connectivity index (χ1) is 9.70. The Labute approximate surface area is 119 Å². The van der Waals surface area contributed by atoms with Gasteiger partial charge >= 0.3 is 0 Å². The van der Waals surface area contributed by atoms with Crippen LogP contribution in [0.4, 0.5) is 17.5 Å². The molecule has 0 bridgehead atoms. The van der Waals surface area contributed by atoms with Gasteiger partial charge in [0.05, 0.1) is 6.20 Å². The van der Waals surface area contributed by atoms with Crippen LogP contribution in [-0.2, 0) is 0 Å². The normalized spacial score (nSPS) is 10.3. The van der Waals surface area contributed by atoms with Crippen LogP contribution in [0.25, 0.3) is 0 Å². The molecule has 20 heavy (non-hydrogen) atoms. The Morgan fingerprint density at radius 1 is 1.20 bits per heavy atom. The third-order valence-electron chi connectivity index (χ3n) is 3.24. The molecule has 0 spiro atoms. The Morgan fingerprint density at radius 3 is 2.85 bits per heavy atom. The average molecular weight is 271 g/mol. The number of aromatic nitrogens is 3. The van der Waals surface area contributed by atoms with Crippen LogP contribution >= 0.6 is 0 Å². The zero-order chi connectivity index (χ0) is 14.4. The number of hydrogen-bond acceptors (Lipinski definition) is 5. The van der Waals surface area contributed by atoms with E-state index < -0.39 is 0 Å². The summed E-state index contributed by atoms with van der Waals surface area (Å²) in [5, 5.41) is 14.4. The fraction of sp³-hybridized carbons (Fsp3) is 0.400. The van der Waals surface area contributed by atoms with E-state index in [0.717, 1.165) is 25.1 Å². The van der Waals surface area contributed by atoms with Crippen molar-refractivity contribution in [1.82, 2.24) is 15.2 Å². The van der Waals surface area contributed by atoms with Gasteiger partial charge < -0.3 is 10.6 Å². The molecule has 2 N–H and O–H groups in total. The molecule has 0 radical (unpaired) electrons. The molecule has 0 aliphatic rings. The summed E-state index contributed by atoms with van der Waals surface area (Å²) in [7, 11) is 0. The molecule has 5 nitrogen and oxygen atoms in total. The minimum absolute atomic E-state index is 0.564. The van der Waals surface area contributed by atoms with Crippen molar-refractivity contribution in [3.05, 3.63) is 35.5 Å². The summed E-state index contributed by atoms with van der Waals surface area (Å²) in [6.45, 7) is 7.20. The van der Waals surface area contributed by atoms with Crippen LogP contribution < -0.4 is 10.6 Å². The van der Waals surface area contributed by atoms with Crippen molar-refractivity contribution in [2.45, 2.75) is 33.6 Å². The highest BCUT2D eigenvalue weighted by molar-refractivity contribution is 5.61. The van der Waals surface area contributed by atoms with Gasteiger partial charge in [0, 0.05) is 12.2 Å². The van der Waals surface area contributed by atoms with Crippen molar-refractivity contribution < 1.29 is 0 Å². The summed E-state index contributed by atoms with van der Waals surface area (Å²) in [5.74, 6) is 1.27. The van der Waals surface area contributed by atoms with Gasteiger partial charge in [-0.25, -0.2) is 0 Å². The highest BCUT2D eigenvalue weighted by atomic mass is 15.3. The van der Waals surface area contributed by atoms with Gasteiger partial charge in [0.15, 0.2) is 5.82 Å². The average Bonchev–Trinajstić information content (AvgIpc) is 2.45. The Hall–Kier alpha value is -2.17. The molecule has 1 aromatic carbocycles. The van der Waals surface area contributed by atoms with E-state index in [1.54, 1.807) is 6.20 Å². The molecule has 0 aliphatic carbocycles. The number of nitrogens with one attached hydrogen (secondary N) is 2. The monoisotopic (exact) mass is 271 g/mol. The third-order valence-corrected chi connectivity index (χ3v) is 3.24. The number of aryl methyl sites for hydroxylation is 1. The van der Waals surface area contributed by atoms with E-state index >= 15 is 0 Å². The molecule has 2 rings (SSSR count). The van der Waals surface area contributed by atoms with Crippen LogP contribution in [0, 0.1) is 13.8 Å². The molecule has 2 aromatic rings. The van der Waals surface area contributed by atoms with Crippen molar-refractivity contribution in [3.63, 3.8) is 0 Å². The molecule has 0 aliphatic heterocycles. The van der Waals surface area contributed by atoms with Crippen LogP contribution in [0.15, 0.2) is 24.4 Å². The highest BCUT2D eigenvalue weighted by Crippen LogP contribution is 2.21. The second kappa shape index (κ2) is 6.84. The van der Waals surface area contributed by atoms with E-state index in [9.17, 15) is 0 Å². The number of hydrogen-bond donors (Lipinski definition) is 2. The number of rotatable bonds is 6. The largest absolute Gasteiger partial charge is 0.353 e. The minimum Gasteiger partial charge on any atom is -0.353 e. The van der Waals surface area contributed by atoms with E-state index in [1.807, 2.05) is 12.1 Å². The van der Waals surface area contributed by atoms with Gasteiger partial charge in [0.2, 0.25) is 5.95 Å². The second-order valence-corrected chi connectivity index (χ2v) is 4.82. The Kier molecular flexibility index (Phi) is 4.87. The maximum Gasteiger partial charge on any atom is 0.244 e. The van der Waals surface area contributed by atoms with Crippen LogP contribution in [0.5, 0.6) is 0 Å². The smallest absolute Gasteiger partial charge is 0.244 e. The number of unbranched alkanes of at least 4 members (excludes halogenated alkanes) is 1. The van der Waals surface area contributed by atoms with E-state index in [0.29, 0.717) is 11.8 Å².